The van der Waals surface area contributed by atoms with Crippen LogP contribution in [0.15, 0.2) is 0 Å². The molecule has 2 N–H and O–H groups in total. The number of amides is 1. The van der Waals surface area contributed by atoms with Crippen molar-refractivity contribution >= 4 is 5.91 Å². The molecular formula is C11H19NO. The minimum Gasteiger partial charge on any atom is -0.369 e. The van der Waals surface area contributed by atoms with Gasteiger partial charge in [-0.1, -0.05) is 32.1 Å². The minimum atomic E-state index is -0.0978. The maximum atomic E-state index is 11.5. The zero-order valence-corrected chi connectivity index (χ0v) is 8.22. The molecule has 0 unspecified atom stereocenters. The van der Waals surface area contributed by atoms with E-state index >= 15 is 0 Å². The maximum absolute atomic E-state index is 11.5. The molecule has 74 valence electrons. The topological polar surface area (TPSA) is 43.1 Å². The fraction of sp³-hybridized carbons (Fsp3) is 0.909. The minimum absolute atomic E-state index is 0.0286. The third-order valence-corrected chi connectivity index (χ3v) is 3.71. The van der Waals surface area contributed by atoms with Crippen LogP contribution in [-0.4, -0.2) is 5.91 Å². The van der Waals surface area contributed by atoms with Crippen LogP contribution in [-0.2, 0) is 4.79 Å². The molecule has 0 spiro atoms. The van der Waals surface area contributed by atoms with Gasteiger partial charge >= 0.3 is 0 Å². The highest BCUT2D eigenvalue weighted by atomic mass is 16.1. The van der Waals surface area contributed by atoms with Gasteiger partial charge in [-0.25, -0.2) is 0 Å². The normalized spacial score (nSPS) is 27.1. The van der Waals surface area contributed by atoms with Crippen molar-refractivity contribution in [2.45, 2.75) is 51.4 Å². The van der Waals surface area contributed by atoms with Gasteiger partial charge in [0.05, 0.1) is 0 Å². The van der Waals surface area contributed by atoms with Crippen LogP contribution in [0, 0.1) is 11.3 Å². The Labute approximate surface area is 79.9 Å². The van der Waals surface area contributed by atoms with Crippen molar-refractivity contribution < 1.29 is 4.79 Å². The summed E-state index contributed by atoms with van der Waals surface area (Å²) in [6.45, 7) is 0. The van der Waals surface area contributed by atoms with E-state index in [0.717, 1.165) is 25.2 Å². The summed E-state index contributed by atoms with van der Waals surface area (Å²) in [6, 6.07) is 0. The standard InChI is InChI=1S/C11H19NO/c12-10(13)11(8-9-4-5-9)6-2-1-3-7-11/h9H,1-8H2,(H2,12,13). The van der Waals surface area contributed by atoms with E-state index in [1.54, 1.807) is 0 Å². The van der Waals surface area contributed by atoms with Crippen molar-refractivity contribution in [3.8, 4) is 0 Å². The van der Waals surface area contributed by atoms with E-state index in [0.29, 0.717) is 0 Å². The molecule has 2 aliphatic carbocycles. The highest BCUT2D eigenvalue weighted by molar-refractivity contribution is 5.80. The summed E-state index contributed by atoms with van der Waals surface area (Å²) in [7, 11) is 0. The largest absolute Gasteiger partial charge is 0.369 e. The molecule has 0 aliphatic heterocycles. The number of rotatable bonds is 3. The monoisotopic (exact) mass is 181 g/mol. The van der Waals surface area contributed by atoms with Crippen molar-refractivity contribution in [1.82, 2.24) is 0 Å². The molecule has 0 aromatic rings. The van der Waals surface area contributed by atoms with Gasteiger partial charge in [-0.2, -0.15) is 0 Å². The highest BCUT2D eigenvalue weighted by Gasteiger charge is 2.41. The van der Waals surface area contributed by atoms with Gasteiger partial charge in [0.15, 0.2) is 0 Å². The van der Waals surface area contributed by atoms with E-state index in [4.69, 9.17) is 5.73 Å². The Kier molecular flexibility index (Phi) is 2.31. The molecule has 2 fully saturated rings. The second kappa shape index (κ2) is 3.32. The first-order valence-corrected chi connectivity index (χ1v) is 5.53. The average Bonchev–Trinajstić information content (AvgIpc) is 2.90. The van der Waals surface area contributed by atoms with Crippen molar-refractivity contribution in [2.24, 2.45) is 17.1 Å². The lowest BCUT2D eigenvalue weighted by molar-refractivity contribution is -0.130. The van der Waals surface area contributed by atoms with E-state index in [1.807, 2.05) is 0 Å². The Balaban J connectivity index is 2.02. The molecule has 0 aromatic heterocycles. The molecule has 0 radical (unpaired) electrons. The van der Waals surface area contributed by atoms with Gasteiger partial charge in [0, 0.05) is 5.41 Å². The lowest BCUT2D eigenvalue weighted by Gasteiger charge is -2.34. The summed E-state index contributed by atoms with van der Waals surface area (Å²) in [4.78, 5) is 11.5. The van der Waals surface area contributed by atoms with Crippen LogP contribution in [0.3, 0.4) is 0 Å². The van der Waals surface area contributed by atoms with Crippen molar-refractivity contribution in [1.29, 1.82) is 0 Å². The lowest BCUT2D eigenvalue weighted by Crippen LogP contribution is -2.39. The van der Waals surface area contributed by atoms with E-state index in [1.165, 1.54) is 32.1 Å². The maximum Gasteiger partial charge on any atom is 0.223 e. The zero-order valence-electron chi connectivity index (χ0n) is 8.22. The summed E-state index contributed by atoms with van der Waals surface area (Å²) in [5, 5.41) is 0. The summed E-state index contributed by atoms with van der Waals surface area (Å²) in [5.41, 5.74) is 5.44. The summed E-state index contributed by atoms with van der Waals surface area (Å²) < 4.78 is 0. The molecular weight excluding hydrogens is 162 g/mol. The average molecular weight is 181 g/mol. The molecule has 0 bridgehead atoms. The Hall–Kier alpha value is -0.530. The number of hydrogen-bond donors (Lipinski definition) is 1. The van der Waals surface area contributed by atoms with Crippen LogP contribution in [0.25, 0.3) is 0 Å². The molecule has 0 heterocycles. The van der Waals surface area contributed by atoms with Gasteiger partial charge < -0.3 is 5.73 Å². The summed E-state index contributed by atoms with van der Waals surface area (Å²) in [6.07, 6.45) is 9.55. The Morgan fingerprint density at radius 2 is 1.85 bits per heavy atom. The third-order valence-electron chi connectivity index (χ3n) is 3.71. The van der Waals surface area contributed by atoms with Crippen LogP contribution in [0.1, 0.15) is 51.4 Å². The fourth-order valence-corrected chi connectivity index (χ4v) is 2.65. The van der Waals surface area contributed by atoms with Crippen molar-refractivity contribution in [2.75, 3.05) is 0 Å². The van der Waals surface area contributed by atoms with E-state index in [-0.39, 0.29) is 11.3 Å². The number of primary amides is 1. The van der Waals surface area contributed by atoms with Gasteiger partial charge in [-0.15, -0.1) is 0 Å². The molecule has 2 nitrogen and oxygen atoms in total. The lowest BCUT2D eigenvalue weighted by atomic mass is 9.70. The van der Waals surface area contributed by atoms with E-state index in [9.17, 15) is 4.79 Å². The van der Waals surface area contributed by atoms with Crippen LogP contribution >= 0.6 is 0 Å². The van der Waals surface area contributed by atoms with Crippen LogP contribution in [0.4, 0.5) is 0 Å². The first kappa shape index (κ1) is 9.04. The Morgan fingerprint density at radius 3 is 2.31 bits per heavy atom. The van der Waals surface area contributed by atoms with Gasteiger partial charge in [0.2, 0.25) is 5.91 Å². The molecule has 2 saturated carbocycles. The third kappa shape index (κ3) is 1.87. The van der Waals surface area contributed by atoms with E-state index in [2.05, 4.69) is 0 Å². The summed E-state index contributed by atoms with van der Waals surface area (Å²) in [5.74, 6) is 0.796. The predicted molar refractivity (Wildman–Crippen MR) is 52.1 cm³/mol. The number of carbonyl (C=O) groups is 1. The SMILES string of the molecule is NC(=O)C1(CC2CC2)CCCCC1. The number of nitrogens with two attached hydrogens (primary N) is 1. The summed E-state index contributed by atoms with van der Waals surface area (Å²) >= 11 is 0. The van der Waals surface area contributed by atoms with Crippen molar-refractivity contribution in [3.05, 3.63) is 0 Å². The van der Waals surface area contributed by atoms with Crippen LogP contribution < -0.4 is 5.73 Å². The van der Waals surface area contributed by atoms with E-state index < -0.39 is 0 Å². The molecule has 0 aromatic carbocycles. The Bertz CT molecular complexity index is 202. The van der Waals surface area contributed by atoms with Crippen LogP contribution in [0.2, 0.25) is 0 Å². The fourth-order valence-electron chi connectivity index (χ4n) is 2.65. The first-order valence-electron chi connectivity index (χ1n) is 5.53. The van der Waals surface area contributed by atoms with Gasteiger partial charge in [-0.3, -0.25) is 4.79 Å². The smallest absolute Gasteiger partial charge is 0.223 e. The molecule has 2 heteroatoms. The molecule has 13 heavy (non-hydrogen) atoms. The van der Waals surface area contributed by atoms with Gasteiger partial charge in [-0.05, 0) is 25.2 Å². The predicted octanol–water partition coefficient (Wildman–Crippen LogP) is 2.22. The highest BCUT2D eigenvalue weighted by Crippen LogP contribution is 2.47. The second-order valence-corrected chi connectivity index (χ2v) is 4.85. The molecule has 1 amide bonds. The van der Waals surface area contributed by atoms with Gasteiger partial charge in [0.25, 0.3) is 0 Å². The van der Waals surface area contributed by atoms with Gasteiger partial charge in [0.1, 0.15) is 0 Å². The molecule has 2 rings (SSSR count). The molecule has 0 atom stereocenters. The number of hydrogen-bond acceptors (Lipinski definition) is 1. The zero-order chi connectivity index (χ0) is 9.31. The first-order chi connectivity index (χ1) is 6.23. The quantitative estimate of drug-likeness (QED) is 0.712. The number of carbonyl (C=O) groups excluding carboxylic acids is 1. The molecule has 2 aliphatic rings. The molecule has 0 saturated heterocycles. The second-order valence-electron chi connectivity index (χ2n) is 4.85. The Morgan fingerprint density at radius 1 is 1.23 bits per heavy atom. The van der Waals surface area contributed by atoms with Crippen LogP contribution in [0.5, 0.6) is 0 Å². The van der Waals surface area contributed by atoms with Crippen molar-refractivity contribution in [3.63, 3.8) is 0 Å².